The van der Waals surface area contributed by atoms with Gasteiger partial charge in [-0.3, -0.25) is 0 Å². The lowest BCUT2D eigenvalue weighted by Crippen LogP contribution is -3.15. The second-order valence-electron chi connectivity index (χ2n) is 2.51. The molecule has 0 aliphatic carbocycles. The Morgan fingerprint density at radius 2 is 2.18 bits per heavy atom. The molecular formula is C7H14N3O+. The molecular weight excluding hydrogens is 142 g/mol. The maximum atomic E-state index is 8.71. The Labute approximate surface area is 66.9 Å². The molecule has 0 aromatic heterocycles. The summed E-state index contributed by atoms with van der Waals surface area (Å²) >= 11 is 0. The van der Waals surface area contributed by atoms with Crippen molar-refractivity contribution in [3.05, 3.63) is 0 Å². The molecule has 1 N–H and O–H groups in total. The Balaban J connectivity index is 2.38. The number of quaternary nitrogens is 1. The number of hydrogen-bond donors (Lipinski definition) is 1. The predicted molar refractivity (Wildman–Crippen MR) is 39.5 cm³/mol. The van der Waals surface area contributed by atoms with Gasteiger partial charge in [0, 0.05) is 0 Å². The largest absolute Gasteiger partial charge is 0.378 e. The molecule has 1 aliphatic heterocycles. The first-order valence-electron chi connectivity index (χ1n) is 3.97. The lowest BCUT2D eigenvalue weighted by Gasteiger charge is -2.27. The van der Waals surface area contributed by atoms with Gasteiger partial charge in [0.2, 0.25) is 0 Å². The van der Waals surface area contributed by atoms with Crippen molar-refractivity contribution in [2.45, 2.75) is 6.92 Å². The number of nitriles is 1. The number of hydrogen-bond acceptors (Lipinski definition) is 3. The summed E-state index contributed by atoms with van der Waals surface area (Å²) in [6.07, 6.45) is 2.21. The molecule has 1 aliphatic rings. The Morgan fingerprint density at radius 3 is 2.64 bits per heavy atom. The molecule has 11 heavy (non-hydrogen) atoms. The van der Waals surface area contributed by atoms with E-state index in [0.29, 0.717) is 0 Å². The zero-order valence-electron chi connectivity index (χ0n) is 6.84. The number of nitrogens with zero attached hydrogens (tertiary/aromatic N) is 2. The van der Waals surface area contributed by atoms with Crippen molar-refractivity contribution >= 4 is 0 Å². The fourth-order valence-corrected chi connectivity index (χ4v) is 1.21. The molecule has 1 unspecified atom stereocenters. The van der Waals surface area contributed by atoms with Crippen molar-refractivity contribution in [1.82, 2.24) is 5.01 Å². The van der Waals surface area contributed by atoms with Crippen LogP contribution in [0.4, 0.5) is 0 Å². The molecule has 1 rings (SSSR count). The van der Waals surface area contributed by atoms with Gasteiger partial charge in [-0.1, -0.05) is 0 Å². The molecule has 1 heterocycles. The minimum absolute atomic E-state index is 0.755. The molecule has 4 heteroatoms. The van der Waals surface area contributed by atoms with Gasteiger partial charge in [0.05, 0.1) is 26.3 Å². The van der Waals surface area contributed by atoms with Crippen LogP contribution in [0, 0.1) is 11.5 Å². The zero-order chi connectivity index (χ0) is 8.10. The minimum Gasteiger partial charge on any atom is -0.378 e. The van der Waals surface area contributed by atoms with Gasteiger partial charge >= 0.3 is 6.19 Å². The van der Waals surface area contributed by atoms with Crippen molar-refractivity contribution in [2.75, 3.05) is 32.8 Å². The molecule has 1 fully saturated rings. The highest BCUT2D eigenvalue weighted by molar-refractivity contribution is 4.53. The molecule has 0 spiro atoms. The summed E-state index contributed by atoms with van der Waals surface area (Å²) in [4.78, 5) is 0. The van der Waals surface area contributed by atoms with E-state index in [9.17, 15) is 0 Å². The van der Waals surface area contributed by atoms with E-state index in [2.05, 4.69) is 11.2 Å². The molecule has 1 atom stereocenters. The van der Waals surface area contributed by atoms with Crippen LogP contribution in [0.1, 0.15) is 6.92 Å². The number of nitrogens with one attached hydrogen (secondary N) is 1. The van der Waals surface area contributed by atoms with Crippen LogP contribution in [0.5, 0.6) is 0 Å². The van der Waals surface area contributed by atoms with E-state index in [1.54, 1.807) is 0 Å². The highest BCUT2D eigenvalue weighted by atomic mass is 16.5. The van der Waals surface area contributed by atoms with E-state index < -0.39 is 0 Å². The van der Waals surface area contributed by atoms with Crippen molar-refractivity contribution in [1.29, 1.82) is 5.26 Å². The van der Waals surface area contributed by atoms with E-state index in [1.807, 2.05) is 6.92 Å². The summed E-state index contributed by atoms with van der Waals surface area (Å²) < 4.78 is 5.17. The summed E-state index contributed by atoms with van der Waals surface area (Å²) in [5, 5.41) is 11.7. The fourth-order valence-electron chi connectivity index (χ4n) is 1.21. The maximum Gasteiger partial charge on any atom is 0.328 e. The van der Waals surface area contributed by atoms with Gasteiger partial charge < -0.3 is 4.74 Å². The Hall–Kier alpha value is -0.630. The Morgan fingerprint density at radius 1 is 1.55 bits per heavy atom. The van der Waals surface area contributed by atoms with Crippen LogP contribution < -0.4 is 5.01 Å². The van der Waals surface area contributed by atoms with Crippen molar-refractivity contribution in [3.8, 4) is 6.19 Å². The van der Waals surface area contributed by atoms with E-state index in [0.717, 1.165) is 37.9 Å². The number of morpholine rings is 1. The van der Waals surface area contributed by atoms with Gasteiger partial charge in [0.15, 0.2) is 0 Å². The molecule has 0 radical (unpaired) electrons. The number of rotatable bonds is 2. The fraction of sp³-hybridized carbons (Fsp3) is 0.857. The van der Waals surface area contributed by atoms with E-state index in [4.69, 9.17) is 10.00 Å². The normalized spacial score (nSPS) is 22.5. The Bertz CT molecular complexity index is 148. The highest BCUT2D eigenvalue weighted by Crippen LogP contribution is 1.87. The highest BCUT2D eigenvalue weighted by Gasteiger charge is 2.19. The minimum atomic E-state index is 0.755. The van der Waals surface area contributed by atoms with Gasteiger partial charge in [-0.2, -0.15) is 5.01 Å². The van der Waals surface area contributed by atoms with Crippen molar-refractivity contribution < 1.29 is 9.75 Å². The van der Waals surface area contributed by atoms with Gasteiger partial charge in [0.1, 0.15) is 6.54 Å². The Kier molecular flexibility index (Phi) is 3.30. The average Bonchev–Trinajstić information content (AvgIpc) is 2.09. The molecule has 62 valence electrons. The second-order valence-corrected chi connectivity index (χ2v) is 2.51. The maximum absolute atomic E-state index is 8.71. The van der Waals surface area contributed by atoms with Crippen LogP contribution in [0.15, 0.2) is 0 Å². The van der Waals surface area contributed by atoms with Gasteiger partial charge in [0.25, 0.3) is 0 Å². The molecule has 0 bridgehead atoms. The molecule has 4 nitrogen and oxygen atoms in total. The van der Waals surface area contributed by atoms with Crippen LogP contribution in [-0.2, 0) is 4.74 Å². The summed E-state index contributed by atoms with van der Waals surface area (Å²) in [6.45, 7) is 6.09. The smallest absolute Gasteiger partial charge is 0.328 e. The standard InChI is InChI=1S/C7H13N3O/c1-2-9(7-8)10-3-5-11-6-4-10/h2-6H2,1H3/p+1. The third kappa shape index (κ3) is 2.15. The van der Waals surface area contributed by atoms with Crippen molar-refractivity contribution in [3.63, 3.8) is 0 Å². The van der Waals surface area contributed by atoms with E-state index in [-0.39, 0.29) is 0 Å². The van der Waals surface area contributed by atoms with Crippen LogP contribution in [0.25, 0.3) is 0 Å². The summed E-state index contributed by atoms with van der Waals surface area (Å²) in [5.74, 6) is 0. The second kappa shape index (κ2) is 4.29. The first-order chi connectivity index (χ1) is 5.38. The number of ether oxygens (including phenoxy) is 1. The third-order valence-corrected chi connectivity index (χ3v) is 1.86. The van der Waals surface area contributed by atoms with Crippen LogP contribution >= 0.6 is 0 Å². The first kappa shape index (κ1) is 8.47. The zero-order valence-corrected chi connectivity index (χ0v) is 6.84. The average molecular weight is 156 g/mol. The van der Waals surface area contributed by atoms with Crippen LogP contribution in [-0.4, -0.2) is 37.9 Å². The van der Waals surface area contributed by atoms with Crippen LogP contribution in [0.2, 0.25) is 0 Å². The predicted octanol–water partition coefficient (Wildman–Crippen LogP) is -1.38. The van der Waals surface area contributed by atoms with E-state index in [1.165, 1.54) is 0 Å². The van der Waals surface area contributed by atoms with E-state index >= 15 is 0 Å². The molecule has 0 saturated carbocycles. The summed E-state index contributed by atoms with van der Waals surface area (Å²) in [6, 6.07) is 0. The lowest BCUT2D eigenvalue weighted by atomic mass is 10.5. The summed E-state index contributed by atoms with van der Waals surface area (Å²) in [5.41, 5.74) is 0. The SMILES string of the molecule is CC[NH+](C#N)N1CCOCC1. The summed E-state index contributed by atoms with van der Waals surface area (Å²) in [7, 11) is 0. The molecule has 0 amide bonds. The molecule has 0 aromatic carbocycles. The third-order valence-electron chi connectivity index (χ3n) is 1.86. The first-order valence-corrected chi connectivity index (χ1v) is 3.97. The van der Waals surface area contributed by atoms with Gasteiger partial charge in [-0.25, -0.2) is 0 Å². The van der Waals surface area contributed by atoms with Crippen molar-refractivity contribution in [2.24, 2.45) is 0 Å². The molecule has 1 saturated heterocycles. The monoisotopic (exact) mass is 156 g/mol. The van der Waals surface area contributed by atoms with Crippen LogP contribution in [0.3, 0.4) is 0 Å². The lowest BCUT2D eigenvalue weighted by molar-refractivity contribution is -0.958. The quantitative estimate of drug-likeness (QED) is 0.501. The van der Waals surface area contributed by atoms with Gasteiger partial charge in [-0.15, -0.1) is 10.3 Å². The topological polar surface area (TPSA) is 40.7 Å². The van der Waals surface area contributed by atoms with Gasteiger partial charge in [-0.05, 0) is 6.92 Å². The molecule has 0 aromatic rings.